The van der Waals surface area contributed by atoms with Crippen molar-refractivity contribution in [2.24, 2.45) is 5.92 Å². The highest BCUT2D eigenvalue weighted by Crippen LogP contribution is 2.19. The Balaban J connectivity index is 2.18. The molecule has 0 aromatic carbocycles. The van der Waals surface area contributed by atoms with Crippen molar-refractivity contribution in [3.05, 3.63) is 0 Å². The minimum atomic E-state index is -0.0316. The highest BCUT2D eigenvalue weighted by Gasteiger charge is 2.24. The fourth-order valence-corrected chi connectivity index (χ4v) is 2.05. The van der Waals surface area contributed by atoms with Crippen LogP contribution in [0, 0.1) is 5.92 Å². The molecule has 1 aliphatic heterocycles. The number of likely N-dealkylation sites (tertiary alicyclic amines) is 1. The van der Waals surface area contributed by atoms with Gasteiger partial charge >= 0.3 is 5.97 Å². The zero-order valence-corrected chi connectivity index (χ0v) is 9.29. The first-order valence-corrected chi connectivity index (χ1v) is 5.64. The van der Waals surface area contributed by atoms with E-state index in [9.17, 15) is 4.79 Å². The van der Waals surface area contributed by atoms with Crippen LogP contribution in [0.5, 0.6) is 0 Å². The van der Waals surface area contributed by atoms with Gasteiger partial charge in [0.25, 0.3) is 0 Å². The predicted octanol–water partition coefficient (Wildman–Crippen LogP) is 1.67. The van der Waals surface area contributed by atoms with E-state index in [0.717, 1.165) is 19.5 Å². The first-order valence-electron chi connectivity index (χ1n) is 5.64. The third-order valence-electron chi connectivity index (χ3n) is 2.67. The molecular weight excluding hydrogens is 178 g/mol. The summed E-state index contributed by atoms with van der Waals surface area (Å²) >= 11 is 0. The zero-order chi connectivity index (χ0) is 10.4. The number of esters is 1. The highest BCUT2D eigenvalue weighted by atomic mass is 16.5. The molecule has 1 aliphatic rings. The summed E-state index contributed by atoms with van der Waals surface area (Å²) in [6, 6.07) is 0. The number of hydrogen-bond donors (Lipinski definition) is 0. The highest BCUT2D eigenvalue weighted by molar-refractivity contribution is 5.69. The Hall–Kier alpha value is -0.570. The molecule has 1 heterocycles. The molecule has 1 atom stereocenters. The molecule has 0 bridgehead atoms. The number of ether oxygens (including phenoxy) is 1. The van der Waals surface area contributed by atoms with Gasteiger partial charge in [0.05, 0.1) is 6.61 Å². The van der Waals surface area contributed by atoms with E-state index in [1.165, 1.54) is 13.0 Å². The van der Waals surface area contributed by atoms with Crippen LogP contribution in [0.3, 0.4) is 0 Å². The second kappa shape index (κ2) is 6.02. The van der Waals surface area contributed by atoms with Gasteiger partial charge in [-0.25, -0.2) is 0 Å². The van der Waals surface area contributed by atoms with Gasteiger partial charge in [-0.3, -0.25) is 4.79 Å². The first-order chi connectivity index (χ1) is 6.76. The molecule has 82 valence electrons. The van der Waals surface area contributed by atoms with Crippen LogP contribution in [-0.2, 0) is 9.53 Å². The molecule has 1 fully saturated rings. The lowest BCUT2D eigenvalue weighted by molar-refractivity contribution is -0.144. The summed E-state index contributed by atoms with van der Waals surface area (Å²) in [6.45, 7) is 7.95. The molecular formula is C11H21NO2. The van der Waals surface area contributed by atoms with Gasteiger partial charge in [0.15, 0.2) is 0 Å². The normalized spacial score (nSPS) is 22.6. The molecule has 3 nitrogen and oxygen atoms in total. The molecule has 14 heavy (non-hydrogen) atoms. The summed E-state index contributed by atoms with van der Waals surface area (Å²) in [5.74, 6) is 0.497. The molecule has 3 heteroatoms. The van der Waals surface area contributed by atoms with Crippen molar-refractivity contribution in [1.82, 2.24) is 4.90 Å². The Labute approximate surface area is 86.4 Å². The molecule has 0 aromatic rings. The Morgan fingerprint density at radius 2 is 2.29 bits per heavy atom. The second-order valence-electron chi connectivity index (χ2n) is 3.96. The number of nitrogens with zero attached hydrogens (tertiary/aromatic N) is 1. The Morgan fingerprint density at radius 1 is 1.50 bits per heavy atom. The summed E-state index contributed by atoms with van der Waals surface area (Å²) in [4.78, 5) is 13.7. The first kappa shape index (κ1) is 11.5. The lowest BCUT2D eigenvalue weighted by atomic mass is 10.1. The largest absolute Gasteiger partial charge is 0.466 e. The summed E-state index contributed by atoms with van der Waals surface area (Å²) in [5.41, 5.74) is 0. The van der Waals surface area contributed by atoms with Crippen LogP contribution in [0.15, 0.2) is 0 Å². The van der Waals surface area contributed by atoms with Gasteiger partial charge in [-0.05, 0) is 38.8 Å². The van der Waals surface area contributed by atoms with E-state index < -0.39 is 0 Å². The summed E-state index contributed by atoms with van der Waals surface area (Å²) in [6.07, 6.45) is 2.96. The van der Waals surface area contributed by atoms with Crippen LogP contribution < -0.4 is 0 Å². The number of carbonyl (C=O) groups is 1. The number of carbonyl (C=O) groups excluding carboxylic acids is 1. The van der Waals surface area contributed by atoms with Crippen LogP contribution in [0.1, 0.15) is 33.1 Å². The summed E-state index contributed by atoms with van der Waals surface area (Å²) in [5, 5.41) is 0. The summed E-state index contributed by atoms with van der Waals surface area (Å²) in [7, 11) is 0. The second-order valence-corrected chi connectivity index (χ2v) is 3.96. The van der Waals surface area contributed by atoms with Crippen molar-refractivity contribution >= 4 is 5.97 Å². The Morgan fingerprint density at radius 3 is 2.93 bits per heavy atom. The van der Waals surface area contributed by atoms with Crippen LogP contribution >= 0.6 is 0 Å². The number of hydrogen-bond acceptors (Lipinski definition) is 3. The van der Waals surface area contributed by atoms with Crippen LogP contribution in [0.4, 0.5) is 0 Å². The maximum absolute atomic E-state index is 11.2. The average Bonchev–Trinajstić information content (AvgIpc) is 2.53. The third-order valence-corrected chi connectivity index (χ3v) is 2.67. The Bertz CT molecular complexity index is 182. The molecule has 0 aromatic heterocycles. The van der Waals surface area contributed by atoms with Crippen LogP contribution in [0.25, 0.3) is 0 Å². The van der Waals surface area contributed by atoms with E-state index in [4.69, 9.17) is 4.74 Å². The zero-order valence-electron chi connectivity index (χ0n) is 9.29. The monoisotopic (exact) mass is 199 g/mol. The van der Waals surface area contributed by atoms with Crippen molar-refractivity contribution < 1.29 is 9.53 Å². The van der Waals surface area contributed by atoms with Gasteiger partial charge in [0, 0.05) is 13.0 Å². The predicted molar refractivity (Wildman–Crippen MR) is 56.1 cm³/mol. The molecule has 0 spiro atoms. The molecule has 0 N–H and O–H groups in total. The van der Waals surface area contributed by atoms with Crippen molar-refractivity contribution in [2.45, 2.75) is 33.1 Å². The van der Waals surface area contributed by atoms with Gasteiger partial charge < -0.3 is 9.64 Å². The maximum Gasteiger partial charge on any atom is 0.306 e. The van der Waals surface area contributed by atoms with E-state index in [-0.39, 0.29) is 5.97 Å². The molecule has 0 aliphatic carbocycles. The Kier molecular flexibility index (Phi) is 4.94. The van der Waals surface area contributed by atoms with Crippen molar-refractivity contribution in [1.29, 1.82) is 0 Å². The van der Waals surface area contributed by atoms with Gasteiger partial charge in [0.1, 0.15) is 0 Å². The minimum Gasteiger partial charge on any atom is -0.466 e. The smallest absolute Gasteiger partial charge is 0.306 e. The van der Waals surface area contributed by atoms with E-state index in [1.807, 2.05) is 6.92 Å². The minimum absolute atomic E-state index is 0.0316. The number of rotatable bonds is 5. The van der Waals surface area contributed by atoms with Crippen molar-refractivity contribution in [3.63, 3.8) is 0 Å². The molecule has 1 unspecified atom stereocenters. The van der Waals surface area contributed by atoms with Gasteiger partial charge in [-0.1, -0.05) is 6.92 Å². The molecule has 0 saturated carbocycles. The average molecular weight is 199 g/mol. The molecule has 0 amide bonds. The van der Waals surface area contributed by atoms with Gasteiger partial charge in [-0.15, -0.1) is 0 Å². The van der Waals surface area contributed by atoms with Crippen LogP contribution in [0.2, 0.25) is 0 Å². The maximum atomic E-state index is 11.2. The lowest BCUT2D eigenvalue weighted by Crippen LogP contribution is -2.22. The summed E-state index contributed by atoms with van der Waals surface area (Å²) < 4.78 is 4.94. The SMILES string of the molecule is CCCN1CCC(CC(=O)OCC)C1. The van der Waals surface area contributed by atoms with E-state index >= 15 is 0 Å². The topological polar surface area (TPSA) is 29.5 Å². The fourth-order valence-electron chi connectivity index (χ4n) is 2.05. The lowest BCUT2D eigenvalue weighted by Gasteiger charge is -2.13. The van der Waals surface area contributed by atoms with Crippen LogP contribution in [-0.4, -0.2) is 37.1 Å². The fraction of sp³-hybridized carbons (Fsp3) is 0.909. The van der Waals surface area contributed by atoms with E-state index in [1.54, 1.807) is 0 Å². The molecule has 1 rings (SSSR count). The van der Waals surface area contributed by atoms with E-state index in [0.29, 0.717) is 18.9 Å². The van der Waals surface area contributed by atoms with Crippen molar-refractivity contribution in [2.75, 3.05) is 26.2 Å². The standard InChI is InChI=1S/C11H21NO2/c1-3-6-12-7-5-10(9-12)8-11(13)14-4-2/h10H,3-9H2,1-2H3. The van der Waals surface area contributed by atoms with Crippen molar-refractivity contribution in [3.8, 4) is 0 Å². The molecule has 0 radical (unpaired) electrons. The van der Waals surface area contributed by atoms with Gasteiger partial charge in [-0.2, -0.15) is 0 Å². The third kappa shape index (κ3) is 3.66. The van der Waals surface area contributed by atoms with Gasteiger partial charge in [0.2, 0.25) is 0 Å². The quantitative estimate of drug-likeness (QED) is 0.631. The van der Waals surface area contributed by atoms with E-state index in [2.05, 4.69) is 11.8 Å². The molecule has 1 saturated heterocycles.